The van der Waals surface area contributed by atoms with Gasteiger partial charge in [-0.3, -0.25) is 0 Å². The monoisotopic (exact) mass is 458 g/mol. The molecule has 0 spiro atoms. The summed E-state index contributed by atoms with van der Waals surface area (Å²) in [6.07, 6.45) is -4.61. The summed E-state index contributed by atoms with van der Waals surface area (Å²) in [5.41, 5.74) is -0.0699. The summed E-state index contributed by atoms with van der Waals surface area (Å²) in [7, 11) is -4.31. The first-order valence-corrected chi connectivity index (χ1v) is 11.0. The maximum atomic E-state index is 13.3. The second-order valence-electron chi connectivity index (χ2n) is 6.86. The van der Waals surface area contributed by atoms with Crippen LogP contribution in [0.3, 0.4) is 0 Å². The average molecular weight is 458 g/mol. The molecule has 0 atom stereocenters. The molecule has 0 saturated heterocycles. The molecular formula is C23H17F3N2O3S. The van der Waals surface area contributed by atoms with Crippen LogP contribution in [-0.2, 0) is 22.7 Å². The van der Waals surface area contributed by atoms with E-state index in [1.807, 2.05) is 0 Å². The molecule has 32 heavy (non-hydrogen) atoms. The predicted molar refractivity (Wildman–Crippen MR) is 113 cm³/mol. The Morgan fingerprint density at radius 2 is 1.38 bits per heavy atom. The lowest BCUT2D eigenvalue weighted by Crippen LogP contribution is -2.25. The van der Waals surface area contributed by atoms with Crippen molar-refractivity contribution in [2.24, 2.45) is 0 Å². The van der Waals surface area contributed by atoms with Crippen molar-refractivity contribution in [3.05, 3.63) is 96.1 Å². The van der Waals surface area contributed by atoms with Crippen LogP contribution in [-0.4, -0.2) is 13.4 Å². The van der Waals surface area contributed by atoms with E-state index in [1.165, 1.54) is 18.2 Å². The summed E-state index contributed by atoms with van der Waals surface area (Å²) in [6.45, 7) is -0.556. The van der Waals surface area contributed by atoms with Crippen molar-refractivity contribution < 1.29 is 26.0 Å². The zero-order chi connectivity index (χ0) is 22.8. The highest BCUT2D eigenvalue weighted by atomic mass is 32.2. The lowest BCUT2D eigenvalue weighted by Gasteiger charge is -2.13. The molecule has 0 unspecified atom stereocenters. The minimum atomic E-state index is -4.61. The van der Waals surface area contributed by atoms with Crippen LogP contribution in [0.25, 0.3) is 22.8 Å². The van der Waals surface area contributed by atoms with Crippen molar-refractivity contribution in [1.29, 1.82) is 0 Å². The maximum absolute atomic E-state index is 13.3. The smallest absolute Gasteiger partial charge is 0.416 e. The summed E-state index contributed by atoms with van der Waals surface area (Å²) >= 11 is 0. The molecule has 0 fully saturated rings. The number of oxazole rings is 1. The highest BCUT2D eigenvalue weighted by Gasteiger charge is 2.34. The first-order chi connectivity index (χ1) is 15.3. The molecule has 9 heteroatoms. The number of nitrogens with one attached hydrogen (secondary N) is 1. The van der Waals surface area contributed by atoms with Crippen molar-refractivity contribution in [2.75, 3.05) is 0 Å². The van der Waals surface area contributed by atoms with Gasteiger partial charge in [-0.25, -0.2) is 13.1 Å². The van der Waals surface area contributed by atoms with Crippen LogP contribution in [0.15, 0.2) is 94.4 Å². The molecule has 4 rings (SSSR count). The van der Waals surface area contributed by atoms with Gasteiger partial charge in [0.15, 0.2) is 5.76 Å². The molecule has 0 radical (unpaired) electrons. The molecule has 0 amide bonds. The fraction of sp³-hybridized carbons (Fsp3) is 0.0870. The van der Waals surface area contributed by atoms with E-state index in [9.17, 15) is 21.6 Å². The van der Waals surface area contributed by atoms with Crippen LogP contribution in [0.5, 0.6) is 0 Å². The zero-order valence-corrected chi connectivity index (χ0v) is 17.3. The van der Waals surface area contributed by atoms with Gasteiger partial charge in [-0.15, -0.1) is 0 Å². The van der Waals surface area contributed by atoms with Gasteiger partial charge in [0.25, 0.3) is 10.0 Å². The van der Waals surface area contributed by atoms with Gasteiger partial charge in [-0.2, -0.15) is 18.2 Å². The molecule has 0 aliphatic rings. The summed E-state index contributed by atoms with van der Waals surface area (Å²) in [5.74, 6) is 0.0848. The summed E-state index contributed by atoms with van der Waals surface area (Å²) in [6, 6.07) is 22.0. The summed E-state index contributed by atoms with van der Waals surface area (Å²) < 4.78 is 74.0. The Morgan fingerprint density at radius 3 is 2.00 bits per heavy atom. The van der Waals surface area contributed by atoms with E-state index in [2.05, 4.69) is 9.71 Å². The van der Waals surface area contributed by atoms with Crippen molar-refractivity contribution in [3.8, 4) is 22.8 Å². The first-order valence-electron chi connectivity index (χ1n) is 9.52. The minimum Gasteiger partial charge on any atom is -0.435 e. The summed E-state index contributed by atoms with van der Waals surface area (Å²) in [5, 5.41) is -0.396. The molecule has 3 aromatic carbocycles. The minimum absolute atomic E-state index is 0.000981. The van der Waals surface area contributed by atoms with Crippen molar-refractivity contribution in [2.45, 2.75) is 17.7 Å². The van der Waals surface area contributed by atoms with Crippen LogP contribution >= 0.6 is 0 Å². The van der Waals surface area contributed by atoms with Crippen LogP contribution in [0.4, 0.5) is 13.2 Å². The van der Waals surface area contributed by atoms with E-state index >= 15 is 0 Å². The van der Waals surface area contributed by atoms with Crippen LogP contribution in [0.2, 0.25) is 0 Å². The number of hydrogen-bond donors (Lipinski definition) is 1. The average Bonchev–Trinajstić information content (AvgIpc) is 3.25. The van der Waals surface area contributed by atoms with Gasteiger partial charge < -0.3 is 4.42 Å². The molecule has 0 aliphatic heterocycles. The topological polar surface area (TPSA) is 72.2 Å². The fourth-order valence-electron chi connectivity index (χ4n) is 3.16. The number of aromatic nitrogens is 1. The van der Waals surface area contributed by atoms with E-state index in [0.717, 1.165) is 6.07 Å². The highest BCUT2D eigenvalue weighted by Crippen LogP contribution is 2.34. The second-order valence-corrected chi connectivity index (χ2v) is 8.55. The molecule has 1 aromatic heterocycles. The number of halogens is 3. The second kappa shape index (κ2) is 8.60. The molecule has 0 aliphatic carbocycles. The lowest BCUT2D eigenvalue weighted by molar-refractivity contribution is -0.138. The number of benzene rings is 3. The third-order valence-corrected chi connectivity index (χ3v) is 5.99. The van der Waals surface area contributed by atoms with Gasteiger partial charge in [0.05, 0.1) is 5.56 Å². The normalized spacial score (nSPS) is 12.1. The molecule has 0 saturated carbocycles. The lowest BCUT2D eigenvalue weighted by atomic mass is 10.1. The Balaban J connectivity index is 1.73. The van der Waals surface area contributed by atoms with Gasteiger partial charge >= 0.3 is 6.18 Å². The zero-order valence-electron chi connectivity index (χ0n) is 16.5. The SMILES string of the molecule is O=S(=O)(NCc1ccccc1C(F)(F)F)c1nc(-c2ccccc2)oc1-c1ccccc1. The maximum Gasteiger partial charge on any atom is 0.416 e. The molecule has 1 heterocycles. The van der Waals surface area contributed by atoms with Crippen molar-refractivity contribution >= 4 is 10.0 Å². The van der Waals surface area contributed by atoms with Crippen molar-refractivity contribution in [3.63, 3.8) is 0 Å². The van der Waals surface area contributed by atoms with Gasteiger partial charge in [-0.05, 0) is 23.8 Å². The highest BCUT2D eigenvalue weighted by molar-refractivity contribution is 7.89. The third-order valence-electron chi connectivity index (χ3n) is 4.68. The standard InChI is InChI=1S/C23H17F3N2O3S/c24-23(25,26)19-14-8-7-13-18(19)15-27-32(29,30)22-20(16-9-3-1-4-10-16)31-21(28-22)17-11-5-2-6-12-17/h1-14,27H,15H2. The van der Waals surface area contributed by atoms with Gasteiger partial charge in [-0.1, -0.05) is 66.7 Å². The van der Waals surface area contributed by atoms with Gasteiger partial charge in [0, 0.05) is 17.7 Å². The third kappa shape index (κ3) is 4.58. The number of sulfonamides is 1. The molecule has 0 bridgehead atoms. The van der Waals surface area contributed by atoms with E-state index in [1.54, 1.807) is 60.7 Å². The molecular weight excluding hydrogens is 441 g/mol. The molecule has 164 valence electrons. The van der Waals surface area contributed by atoms with E-state index in [0.29, 0.717) is 11.1 Å². The Bertz CT molecular complexity index is 1320. The molecule has 4 aromatic rings. The Labute approximate surface area is 182 Å². The van der Waals surface area contributed by atoms with Crippen LogP contribution in [0.1, 0.15) is 11.1 Å². The number of alkyl halides is 3. The number of hydrogen-bond acceptors (Lipinski definition) is 4. The van der Waals surface area contributed by atoms with E-state index in [4.69, 9.17) is 4.42 Å². The Hall–Kier alpha value is -3.43. The Kier molecular flexibility index (Phi) is 5.86. The molecule has 1 N–H and O–H groups in total. The van der Waals surface area contributed by atoms with E-state index in [-0.39, 0.29) is 17.2 Å². The Morgan fingerprint density at radius 1 is 0.812 bits per heavy atom. The van der Waals surface area contributed by atoms with Gasteiger partial charge in [0.2, 0.25) is 10.9 Å². The predicted octanol–water partition coefficient (Wildman–Crippen LogP) is 5.51. The largest absolute Gasteiger partial charge is 0.435 e. The molecule has 5 nitrogen and oxygen atoms in total. The van der Waals surface area contributed by atoms with E-state index < -0.39 is 33.3 Å². The number of nitrogens with zero attached hydrogens (tertiary/aromatic N) is 1. The summed E-state index contributed by atoms with van der Waals surface area (Å²) in [4.78, 5) is 4.17. The quantitative estimate of drug-likeness (QED) is 0.414. The van der Waals surface area contributed by atoms with Crippen molar-refractivity contribution in [1.82, 2.24) is 9.71 Å². The number of rotatable bonds is 6. The van der Waals surface area contributed by atoms with Gasteiger partial charge in [0.1, 0.15) is 0 Å². The van der Waals surface area contributed by atoms with Crippen LogP contribution < -0.4 is 4.72 Å². The van der Waals surface area contributed by atoms with Crippen LogP contribution in [0, 0.1) is 0 Å². The fourth-order valence-corrected chi connectivity index (χ4v) is 4.25. The first kappa shape index (κ1) is 21.8.